The number of nitrogens with one attached hydrogen (secondary N) is 1. The number of halogens is 3. The molecule has 0 fully saturated rings. The molecule has 248 valence electrons. The first-order valence-corrected chi connectivity index (χ1v) is 16.9. The molecule has 0 spiro atoms. The fraction of sp³-hybridized carbons (Fsp3) is 0.257. The molecule has 0 aliphatic carbocycles. The number of methoxy groups -OCH3 is 1. The van der Waals surface area contributed by atoms with Crippen molar-refractivity contribution in [1.82, 2.24) is 10.2 Å². The van der Waals surface area contributed by atoms with Crippen LogP contribution in [0.2, 0.25) is 10.0 Å². The number of amides is 2. The zero-order valence-corrected chi connectivity index (χ0v) is 28.7. The second-order valence-corrected chi connectivity index (χ2v) is 14.6. The molecule has 4 aromatic rings. The van der Waals surface area contributed by atoms with Gasteiger partial charge in [-0.05, 0) is 92.6 Å². The summed E-state index contributed by atoms with van der Waals surface area (Å²) in [6, 6.07) is 23.4. The minimum Gasteiger partial charge on any atom is -0.497 e. The molecular formula is C35H36Cl2FN3O5S. The van der Waals surface area contributed by atoms with Crippen LogP contribution in [0.4, 0.5) is 10.1 Å². The molecule has 1 N–H and O–H groups in total. The third-order valence-electron chi connectivity index (χ3n) is 7.17. The molecule has 0 aliphatic rings. The van der Waals surface area contributed by atoms with Crippen LogP contribution in [0, 0.1) is 5.82 Å². The first-order chi connectivity index (χ1) is 22.2. The van der Waals surface area contributed by atoms with Gasteiger partial charge in [0.2, 0.25) is 11.8 Å². The Morgan fingerprint density at radius 1 is 0.915 bits per heavy atom. The van der Waals surface area contributed by atoms with Crippen LogP contribution in [0.3, 0.4) is 0 Å². The van der Waals surface area contributed by atoms with Gasteiger partial charge in [-0.15, -0.1) is 0 Å². The number of benzene rings is 4. The quantitative estimate of drug-likeness (QED) is 0.174. The molecule has 4 aromatic carbocycles. The van der Waals surface area contributed by atoms with Crippen LogP contribution >= 0.6 is 23.2 Å². The predicted molar refractivity (Wildman–Crippen MR) is 183 cm³/mol. The number of rotatable bonds is 12. The SMILES string of the molecule is COc1ccc(S(=O)(=O)N(CC(=O)N(Cc2ccc(Cl)cc2Cl)[C@@H](Cc2ccccc2)C(=O)NC(C)(C)C)c2ccc(F)cc2)cc1. The molecule has 4 rings (SSSR count). The van der Waals surface area contributed by atoms with E-state index >= 15 is 0 Å². The lowest BCUT2D eigenvalue weighted by atomic mass is 10.0. The molecular weight excluding hydrogens is 664 g/mol. The summed E-state index contributed by atoms with van der Waals surface area (Å²) in [6.45, 7) is 4.63. The topological polar surface area (TPSA) is 96.0 Å². The Kier molecular flexibility index (Phi) is 11.5. The summed E-state index contributed by atoms with van der Waals surface area (Å²) in [5, 5.41) is 3.63. The molecule has 8 nitrogen and oxygen atoms in total. The zero-order chi connectivity index (χ0) is 34.4. The van der Waals surface area contributed by atoms with Gasteiger partial charge >= 0.3 is 0 Å². The summed E-state index contributed by atoms with van der Waals surface area (Å²) < 4.78 is 48.3. The lowest BCUT2D eigenvalue weighted by Crippen LogP contribution is -2.56. The van der Waals surface area contributed by atoms with Crippen LogP contribution in [-0.4, -0.2) is 50.4 Å². The Morgan fingerprint density at radius 2 is 1.55 bits per heavy atom. The first-order valence-electron chi connectivity index (χ1n) is 14.7. The van der Waals surface area contributed by atoms with Crippen molar-refractivity contribution in [2.75, 3.05) is 18.0 Å². The highest BCUT2D eigenvalue weighted by atomic mass is 35.5. The number of carbonyl (C=O) groups is 2. The van der Waals surface area contributed by atoms with E-state index in [0.717, 1.165) is 22.0 Å². The van der Waals surface area contributed by atoms with E-state index in [9.17, 15) is 22.4 Å². The molecule has 47 heavy (non-hydrogen) atoms. The number of hydrogen-bond acceptors (Lipinski definition) is 5. The van der Waals surface area contributed by atoms with Crippen molar-refractivity contribution in [1.29, 1.82) is 0 Å². The Hall–Kier alpha value is -4.12. The van der Waals surface area contributed by atoms with E-state index in [-0.39, 0.29) is 28.6 Å². The molecule has 12 heteroatoms. The van der Waals surface area contributed by atoms with Crippen molar-refractivity contribution in [2.45, 2.75) is 50.2 Å². The average Bonchev–Trinajstić information content (AvgIpc) is 3.02. The van der Waals surface area contributed by atoms with E-state index < -0.39 is 45.8 Å². The Bertz CT molecular complexity index is 1800. The zero-order valence-electron chi connectivity index (χ0n) is 26.4. The summed E-state index contributed by atoms with van der Waals surface area (Å²) in [4.78, 5) is 29.7. The van der Waals surface area contributed by atoms with E-state index in [4.69, 9.17) is 27.9 Å². The molecule has 0 aliphatic heterocycles. The first kappa shape index (κ1) is 35.7. The molecule has 0 bridgehead atoms. The number of carbonyl (C=O) groups excluding carboxylic acids is 2. The number of nitrogens with zero attached hydrogens (tertiary/aromatic N) is 2. The molecule has 0 unspecified atom stereocenters. The van der Waals surface area contributed by atoms with Crippen molar-refractivity contribution in [3.05, 3.63) is 124 Å². The van der Waals surface area contributed by atoms with Crippen molar-refractivity contribution in [3.8, 4) is 5.75 Å². The van der Waals surface area contributed by atoms with Gasteiger partial charge in [0.05, 0.1) is 17.7 Å². The monoisotopic (exact) mass is 699 g/mol. The number of ether oxygens (including phenoxy) is 1. The van der Waals surface area contributed by atoms with E-state index in [2.05, 4.69) is 5.32 Å². The Morgan fingerprint density at radius 3 is 2.13 bits per heavy atom. The van der Waals surface area contributed by atoms with E-state index in [1.807, 2.05) is 51.1 Å². The van der Waals surface area contributed by atoms with Crippen molar-refractivity contribution >= 4 is 50.7 Å². The smallest absolute Gasteiger partial charge is 0.264 e. The number of sulfonamides is 1. The molecule has 1 atom stereocenters. The Labute approximate surface area is 285 Å². The van der Waals surface area contributed by atoms with Gasteiger partial charge < -0.3 is 15.0 Å². The van der Waals surface area contributed by atoms with Gasteiger partial charge in [0.15, 0.2) is 0 Å². The highest BCUT2D eigenvalue weighted by Gasteiger charge is 2.36. The summed E-state index contributed by atoms with van der Waals surface area (Å²) in [5.41, 5.74) is 0.690. The third kappa shape index (κ3) is 9.47. The third-order valence-corrected chi connectivity index (χ3v) is 9.54. The maximum Gasteiger partial charge on any atom is 0.264 e. The van der Waals surface area contributed by atoms with Gasteiger partial charge in [-0.2, -0.15) is 0 Å². The van der Waals surface area contributed by atoms with Gasteiger partial charge in [-0.3, -0.25) is 13.9 Å². The van der Waals surface area contributed by atoms with Gasteiger partial charge in [-0.1, -0.05) is 59.6 Å². The predicted octanol–water partition coefficient (Wildman–Crippen LogP) is 6.89. The molecule has 0 radical (unpaired) electrons. The molecule has 0 saturated carbocycles. The summed E-state index contributed by atoms with van der Waals surface area (Å²) >= 11 is 12.7. The fourth-order valence-corrected chi connectivity index (χ4v) is 6.73. The van der Waals surface area contributed by atoms with Crippen LogP contribution in [-0.2, 0) is 32.6 Å². The lowest BCUT2D eigenvalue weighted by Gasteiger charge is -2.35. The van der Waals surface area contributed by atoms with E-state index in [1.54, 1.807) is 12.1 Å². The van der Waals surface area contributed by atoms with Crippen molar-refractivity contribution < 1.29 is 27.1 Å². The lowest BCUT2D eigenvalue weighted by molar-refractivity contribution is -0.140. The molecule has 0 aromatic heterocycles. The summed E-state index contributed by atoms with van der Waals surface area (Å²) in [7, 11) is -2.92. The van der Waals surface area contributed by atoms with Crippen molar-refractivity contribution in [2.24, 2.45) is 0 Å². The van der Waals surface area contributed by atoms with E-state index in [1.165, 1.54) is 54.5 Å². The van der Waals surface area contributed by atoms with Gasteiger partial charge in [0.25, 0.3) is 10.0 Å². The standard InChI is InChI=1S/C35H36Cl2FN3O5S/c1-35(2,3)39-34(43)32(20-24-8-6-5-7-9-24)40(22-25-10-11-26(36)21-31(25)37)33(42)23-41(28-14-12-27(38)13-15-28)47(44,45)30-18-16-29(46-4)17-19-30/h5-19,21,32H,20,22-23H2,1-4H3,(H,39,43)/t32-/m0/s1. The van der Waals surface area contributed by atoms with Gasteiger partial charge in [0, 0.05) is 28.5 Å². The van der Waals surface area contributed by atoms with Crippen LogP contribution < -0.4 is 14.4 Å². The largest absolute Gasteiger partial charge is 0.497 e. The number of hydrogen-bond donors (Lipinski definition) is 1. The minimum atomic E-state index is -4.38. The minimum absolute atomic E-state index is 0.0544. The van der Waals surface area contributed by atoms with Crippen LogP contribution in [0.15, 0.2) is 102 Å². The second-order valence-electron chi connectivity index (χ2n) is 11.9. The molecule has 0 heterocycles. The summed E-state index contributed by atoms with van der Waals surface area (Å²) in [5.74, 6) is -1.27. The molecule has 0 saturated heterocycles. The molecule has 2 amide bonds. The maximum absolute atomic E-state index is 14.5. The summed E-state index contributed by atoms with van der Waals surface area (Å²) in [6.07, 6.45) is 0.126. The number of anilines is 1. The van der Waals surface area contributed by atoms with Crippen LogP contribution in [0.25, 0.3) is 0 Å². The van der Waals surface area contributed by atoms with Crippen LogP contribution in [0.5, 0.6) is 5.75 Å². The second kappa shape index (κ2) is 15.2. The average molecular weight is 701 g/mol. The maximum atomic E-state index is 14.5. The highest BCUT2D eigenvalue weighted by molar-refractivity contribution is 7.92. The van der Waals surface area contributed by atoms with E-state index in [0.29, 0.717) is 16.3 Å². The van der Waals surface area contributed by atoms with Gasteiger partial charge in [0.1, 0.15) is 24.2 Å². The fourth-order valence-electron chi connectivity index (χ4n) is 4.85. The van der Waals surface area contributed by atoms with Crippen LogP contribution in [0.1, 0.15) is 31.9 Å². The van der Waals surface area contributed by atoms with Crippen molar-refractivity contribution in [3.63, 3.8) is 0 Å². The highest BCUT2D eigenvalue weighted by Crippen LogP contribution is 2.28. The normalized spacial score (nSPS) is 12.2. The Balaban J connectivity index is 1.83. The van der Waals surface area contributed by atoms with Gasteiger partial charge in [-0.25, -0.2) is 12.8 Å².